The van der Waals surface area contributed by atoms with Crippen LogP contribution in [-0.4, -0.2) is 54.4 Å². The highest BCUT2D eigenvalue weighted by Crippen LogP contribution is 2.31. The molecule has 0 fully saturated rings. The van der Waals surface area contributed by atoms with E-state index in [1.54, 1.807) is 24.5 Å². The van der Waals surface area contributed by atoms with Gasteiger partial charge in [0.1, 0.15) is 6.61 Å². The van der Waals surface area contributed by atoms with Crippen LogP contribution < -0.4 is 5.73 Å². The summed E-state index contributed by atoms with van der Waals surface area (Å²) in [5.74, 6) is 5.71. The number of carbonyl (C=O) groups excluding carboxylic acids is 1. The molecule has 1 aromatic heterocycles. The number of unbranched alkanes of at least 4 members (excludes halogenated alkanes) is 3. The Balaban J connectivity index is 1.39. The first-order chi connectivity index (χ1) is 19.9. The molecule has 3 N–H and O–H groups in total. The van der Waals surface area contributed by atoms with Crippen molar-refractivity contribution in [3.05, 3.63) is 93.2 Å². The van der Waals surface area contributed by atoms with Crippen molar-refractivity contribution >= 4 is 34.9 Å². The predicted molar refractivity (Wildman–Crippen MR) is 164 cm³/mol. The molecule has 1 unspecified atom stereocenters. The van der Waals surface area contributed by atoms with Crippen LogP contribution in [0.1, 0.15) is 54.0 Å². The number of rotatable bonds is 15. The van der Waals surface area contributed by atoms with E-state index >= 15 is 0 Å². The largest absolute Gasteiger partial charge is 0.469 e. The highest BCUT2D eigenvalue weighted by molar-refractivity contribution is 6.38. The average Bonchev–Trinajstić information content (AvgIpc) is 2.97. The Labute approximate surface area is 252 Å². The molecule has 1 heterocycles. The number of pyridine rings is 1. The number of nitrogens with two attached hydrogens (primary N) is 1. The quantitative estimate of drug-likeness (QED) is 0.0981. The van der Waals surface area contributed by atoms with Gasteiger partial charge >= 0.3 is 5.97 Å². The first-order valence-corrected chi connectivity index (χ1v) is 14.4. The van der Waals surface area contributed by atoms with Gasteiger partial charge in [0.05, 0.1) is 35.4 Å². The fourth-order valence-electron chi connectivity index (χ4n) is 4.27. The minimum atomic E-state index is -0.741. The van der Waals surface area contributed by atoms with Crippen molar-refractivity contribution in [3.63, 3.8) is 0 Å². The number of benzene rings is 2. The van der Waals surface area contributed by atoms with Gasteiger partial charge in [-0.05, 0) is 54.3 Å². The van der Waals surface area contributed by atoms with E-state index in [4.69, 9.17) is 33.7 Å². The molecule has 2 aromatic carbocycles. The molecular formula is C32H37Cl2N3O4. The average molecular weight is 599 g/mol. The summed E-state index contributed by atoms with van der Waals surface area (Å²) < 4.78 is 10.3. The highest BCUT2D eigenvalue weighted by Gasteiger charge is 2.17. The van der Waals surface area contributed by atoms with Gasteiger partial charge in [0.25, 0.3) is 0 Å². The number of aromatic nitrogens is 1. The van der Waals surface area contributed by atoms with Gasteiger partial charge in [-0.2, -0.15) is 0 Å². The zero-order valence-electron chi connectivity index (χ0n) is 23.3. The number of hydrogen-bond acceptors (Lipinski definition) is 7. The Morgan fingerprint density at radius 3 is 2.51 bits per heavy atom. The lowest BCUT2D eigenvalue weighted by Crippen LogP contribution is -2.29. The van der Waals surface area contributed by atoms with Crippen LogP contribution in [0, 0.1) is 11.8 Å². The second-order valence-electron chi connectivity index (χ2n) is 9.74. The van der Waals surface area contributed by atoms with E-state index in [0.717, 1.165) is 49.9 Å². The van der Waals surface area contributed by atoms with Gasteiger partial charge in [-0.15, -0.1) is 0 Å². The molecule has 0 amide bonds. The van der Waals surface area contributed by atoms with Crippen LogP contribution in [-0.2, 0) is 27.2 Å². The number of methoxy groups -OCH3 is 1. The molecule has 0 aliphatic carbocycles. The number of hydrogen-bond donors (Lipinski definition) is 2. The Kier molecular flexibility index (Phi) is 13.9. The molecule has 1 atom stereocenters. The lowest BCUT2D eigenvalue weighted by Gasteiger charge is -2.26. The maximum atomic E-state index is 11.4. The molecule has 7 nitrogen and oxygen atoms in total. The van der Waals surface area contributed by atoms with Crippen LogP contribution in [0.5, 0.6) is 0 Å². The third-order valence-electron chi connectivity index (χ3n) is 6.46. The normalized spacial score (nSPS) is 11.6. The number of aliphatic hydroxyl groups is 1. The zero-order chi connectivity index (χ0) is 29.5. The van der Waals surface area contributed by atoms with E-state index in [-0.39, 0.29) is 12.4 Å². The van der Waals surface area contributed by atoms with Gasteiger partial charge in [-0.1, -0.05) is 78.2 Å². The minimum Gasteiger partial charge on any atom is -0.469 e. The van der Waals surface area contributed by atoms with Crippen molar-refractivity contribution in [2.45, 2.75) is 44.8 Å². The van der Waals surface area contributed by atoms with Crippen LogP contribution in [0.25, 0.3) is 0 Å². The molecule has 0 radical (unpaired) electrons. The smallest absolute Gasteiger partial charge is 0.310 e. The predicted octanol–water partition coefficient (Wildman–Crippen LogP) is 5.85. The van der Waals surface area contributed by atoms with Gasteiger partial charge in [0, 0.05) is 37.7 Å². The summed E-state index contributed by atoms with van der Waals surface area (Å²) >= 11 is 12.4. The molecule has 0 bridgehead atoms. The Morgan fingerprint density at radius 1 is 1.05 bits per heavy atom. The van der Waals surface area contributed by atoms with Crippen LogP contribution in [0.4, 0.5) is 5.69 Å². The number of nitrogens with zero attached hydrogens (tertiary/aromatic N) is 2. The fraction of sp³-hybridized carbons (Fsp3) is 0.375. The lowest BCUT2D eigenvalue weighted by atomic mass is 10.1. The van der Waals surface area contributed by atoms with E-state index in [2.05, 4.69) is 38.6 Å². The topological polar surface area (TPSA) is 97.9 Å². The molecule has 0 spiro atoms. The first kappa shape index (κ1) is 32.4. The third-order valence-corrected chi connectivity index (χ3v) is 7.08. The summed E-state index contributed by atoms with van der Waals surface area (Å²) in [5.41, 5.74) is 9.52. The second-order valence-corrected chi connectivity index (χ2v) is 10.6. The molecule has 0 aliphatic heterocycles. The molecular weight excluding hydrogens is 561 g/mol. The molecule has 3 rings (SSSR count). The molecule has 9 heteroatoms. The number of halogens is 2. The van der Waals surface area contributed by atoms with Crippen LogP contribution in [0.3, 0.4) is 0 Å². The zero-order valence-corrected chi connectivity index (χ0v) is 24.8. The summed E-state index contributed by atoms with van der Waals surface area (Å²) in [5, 5.41) is 11.6. The standard InChI is InChI=1S/C32H37Cl2N3O4/c1-40-31(39)17-26-16-25(20-36-21-26)12-9-15-41-14-8-3-2-7-13-37(22-24-10-5-4-6-11-24)23-30(38)27-18-28(33)32(35)29(34)19-27/h4-6,10-11,16,18-21,30,38H,2-3,7-8,13-15,17,22-23,35H2,1H3. The number of carbonyl (C=O) groups is 1. The van der Waals surface area contributed by atoms with Gasteiger partial charge in [-0.25, -0.2) is 0 Å². The van der Waals surface area contributed by atoms with Gasteiger partial charge in [-0.3, -0.25) is 14.7 Å². The Morgan fingerprint density at radius 2 is 1.78 bits per heavy atom. The molecule has 218 valence electrons. The van der Waals surface area contributed by atoms with Crippen molar-refractivity contribution < 1.29 is 19.4 Å². The third kappa shape index (κ3) is 11.7. The number of nitrogen functional groups attached to an aromatic ring is 1. The fourth-order valence-corrected chi connectivity index (χ4v) is 4.77. The van der Waals surface area contributed by atoms with E-state index in [9.17, 15) is 9.90 Å². The number of aliphatic hydroxyl groups excluding tert-OH is 1. The maximum Gasteiger partial charge on any atom is 0.310 e. The van der Waals surface area contributed by atoms with E-state index in [1.807, 2.05) is 24.3 Å². The summed E-state index contributed by atoms with van der Waals surface area (Å²) in [6.45, 7) is 3.01. The highest BCUT2D eigenvalue weighted by atomic mass is 35.5. The van der Waals surface area contributed by atoms with Crippen molar-refractivity contribution in [3.8, 4) is 11.8 Å². The number of ether oxygens (including phenoxy) is 2. The Hall–Kier alpha value is -3.12. The van der Waals surface area contributed by atoms with Crippen molar-refractivity contribution in [1.29, 1.82) is 0 Å². The first-order valence-electron chi connectivity index (χ1n) is 13.6. The van der Waals surface area contributed by atoms with Crippen molar-refractivity contribution in [1.82, 2.24) is 9.88 Å². The van der Waals surface area contributed by atoms with Gasteiger partial charge < -0.3 is 20.3 Å². The summed E-state index contributed by atoms with van der Waals surface area (Å²) in [7, 11) is 1.36. The van der Waals surface area contributed by atoms with Gasteiger partial charge in [0.2, 0.25) is 0 Å². The molecule has 0 aliphatic rings. The Bertz CT molecular complexity index is 1290. The van der Waals surface area contributed by atoms with Crippen LogP contribution in [0.15, 0.2) is 60.9 Å². The lowest BCUT2D eigenvalue weighted by molar-refractivity contribution is -0.139. The van der Waals surface area contributed by atoms with Crippen LogP contribution in [0.2, 0.25) is 10.0 Å². The molecule has 3 aromatic rings. The molecule has 0 saturated heterocycles. The van der Waals surface area contributed by atoms with Crippen molar-refractivity contribution in [2.75, 3.05) is 39.1 Å². The monoisotopic (exact) mass is 597 g/mol. The maximum absolute atomic E-state index is 11.4. The number of anilines is 1. The van der Waals surface area contributed by atoms with E-state index in [0.29, 0.717) is 41.1 Å². The van der Waals surface area contributed by atoms with Gasteiger partial charge in [0.15, 0.2) is 0 Å². The summed E-state index contributed by atoms with van der Waals surface area (Å²) in [4.78, 5) is 17.8. The minimum absolute atomic E-state index is 0.173. The summed E-state index contributed by atoms with van der Waals surface area (Å²) in [6.07, 6.45) is 6.76. The summed E-state index contributed by atoms with van der Waals surface area (Å²) in [6, 6.07) is 15.4. The van der Waals surface area contributed by atoms with E-state index in [1.165, 1.54) is 12.7 Å². The van der Waals surface area contributed by atoms with Crippen LogP contribution >= 0.6 is 23.2 Å². The molecule has 41 heavy (non-hydrogen) atoms. The van der Waals surface area contributed by atoms with E-state index < -0.39 is 6.10 Å². The second kappa shape index (κ2) is 17.6. The SMILES string of the molecule is COC(=O)Cc1cncc(C#CCOCCCCCCN(Cc2ccccc2)CC(O)c2cc(Cl)c(N)c(Cl)c2)c1. The van der Waals surface area contributed by atoms with Crippen molar-refractivity contribution in [2.24, 2.45) is 0 Å². The molecule has 0 saturated carbocycles. The number of esters is 1.